The van der Waals surface area contributed by atoms with E-state index < -0.39 is 0 Å². The van der Waals surface area contributed by atoms with Crippen LogP contribution in [0.25, 0.3) is 0 Å². The molecule has 1 saturated heterocycles. The summed E-state index contributed by atoms with van der Waals surface area (Å²) in [6.07, 6.45) is 4.06. The van der Waals surface area contributed by atoms with Gasteiger partial charge in [0.15, 0.2) is 0 Å². The van der Waals surface area contributed by atoms with Crippen molar-refractivity contribution in [2.45, 2.75) is 52.1 Å². The van der Waals surface area contributed by atoms with Crippen molar-refractivity contribution in [3.63, 3.8) is 0 Å². The molecule has 22 heavy (non-hydrogen) atoms. The summed E-state index contributed by atoms with van der Waals surface area (Å²) in [6.45, 7) is 9.11. The zero-order chi connectivity index (χ0) is 17.1. The highest BCUT2D eigenvalue weighted by Crippen LogP contribution is 2.41. The number of nitrogens with one attached hydrogen (secondary N) is 1. The van der Waals surface area contributed by atoms with Crippen LogP contribution in [0.5, 0.6) is 0 Å². The first-order chi connectivity index (χ1) is 10.5. The molecule has 1 saturated carbocycles. The Morgan fingerprint density at radius 2 is 2.00 bits per heavy atom. The minimum Gasteiger partial charge on any atom is -0.370 e. The van der Waals surface area contributed by atoms with Crippen LogP contribution >= 0.6 is 0 Å². The Hall–Kier alpha value is -1.27. The number of carbonyl (C=O) groups excluding carboxylic acids is 3. The highest BCUT2D eigenvalue weighted by Gasteiger charge is 2.47. The van der Waals surface area contributed by atoms with Gasteiger partial charge in [0.05, 0.1) is 19.3 Å². The van der Waals surface area contributed by atoms with Crippen LogP contribution < -0.4 is 5.32 Å². The zero-order valence-electron chi connectivity index (χ0n) is 14.2. The molecule has 130 valence electrons. The summed E-state index contributed by atoms with van der Waals surface area (Å²) in [7, 11) is 1.57. The maximum atomic E-state index is 11.9. The van der Waals surface area contributed by atoms with Gasteiger partial charge in [-0.25, -0.2) is 0 Å². The lowest BCUT2D eigenvalue weighted by Crippen LogP contribution is -2.49. The van der Waals surface area contributed by atoms with Crippen molar-refractivity contribution in [3.05, 3.63) is 0 Å². The molecule has 0 aromatic carbocycles. The van der Waals surface area contributed by atoms with E-state index in [-0.39, 0.29) is 26.0 Å². The summed E-state index contributed by atoms with van der Waals surface area (Å²) in [4.78, 5) is 32.7. The van der Waals surface area contributed by atoms with Gasteiger partial charge >= 0.3 is 0 Å². The number of piperidine rings is 1. The number of amides is 1. The molecule has 2 rings (SSSR count). The SMILES string of the molecule is C=O.CC(C)C.COCNCC(=O)N1C2CCC(C2)C1C=O.[HH]. The molecule has 2 aliphatic rings. The minimum atomic E-state index is -0.185. The van der Waals surface area contributed by atoms with Crippen molar-refractivity contribution < 1.29 is 20.5 Å². The smallest absolute Gasteiger partial charge is 0.237 e. The second kappa shape index (κ2) is 11.3. The summed E-state index contributed by atoms with van der Waals surface area (Å²) in [5.74, 6) is 1.25. The molecule has 0 spiro atoms. The fourth-order valence-electron chi connectivity index (χ4n) is 2.92. The van der Waals surface area contributed by atoms with Gasteiger partial charge in [0, 0.05) is 14.6 Å². The molecule has 2 fully saturated rings. The lowest BCUT2D eigenvalue weighted by atomic mass is 10.00. The van der Waals surface area contributed by atoms with Crippen LogP contribution in [0, 0.1) is 11.8 Å². The Morgan fingerprint density at radius 3 is 2.50 bits per heavy atom. The van der Waals surface area contributed by atoms with Crippen LogP contribution in [-0.2, 0) is 19.1 Å². The quantitative estimate of drug-likeness (QED) is 0.472. The first-order valence-corrected chi connectivity index (χ1v) is 7.76. The lowest BCUT2D eigenvalue weighted by molar-refractivity contribution is -0.137. The van der Waals surface area contributed by atoms with E-state index in [4.69, 9.17) is 9.53 Å². The first kappa shape index (κ1) is 20.7. The van der Waals surface area contributed by atoms with Gasteiger partial charge in [0.1, 0.15) is 13.1 Å². The third-order valence-corrected chi connectivity index (χ3v) is 3.59. The van der Waals surface area contributed by atoms with E-state index in [0.29, 0.717) is 12.6 Å². The van der Waals surface area contributed by atoms with Crippen molar-refractivity contribution in [1.82, 2.24) is 10.2 Å². The molecule has 6 heteroatoms. The fourth-order valence-corrected chi connectivity index (χ4v) is 2.92. The fraction of sp³-hybridized carbons (Fsp3) is 0.812. The van der Waals surface area contributed by atoms with E-state index in [2.05, 4.69) is 26.1 Å². The summed E-state index contributed by atoms with van der Waals surface area (Å²) >= 11 is 0. The van der Waals surface area contributed by atoms with Crippen LogP contribution in [-0.4, -0.2) is 56.4 Å². The molecule has 1 aliphatic carbocycles. The molecular formula is C16H32N2O4. The largest absolute Gasteiger partial charge is 0.370 e. The molecule has 0 radical (unpaired) electrons. The van der Waals surface area contributed by atoms with E-state index >= 15 is 0 Å². The molecule has 2 bridgehead atoms. The first-order valence-electron chi connectivity index (χ1n) is 7.76. The number of ether oxygens (including phenoxy) is 1. The predicted octanol–water partition coefficient (Wildman–Crippen LogP) is 1.48. The maximum Gasteiger partial charge on any atom is 0.237 e. The van der Waals surface area contributed by atoms with Gasteiger partial charge in [0.25, 0.3) is 0 Å². The molecule has 1 amide bonds. The minimum absolute atomic E-state index is 0. The third kappa shape index (κ3) is 6.23. The van der Waals surface area contributed by atoms with Crippen LogP contribution in [0.15, 0.2) is 0 Å². The van der Waals surface area contributed by atoms with Crippen LogP contribution in [0.1, 0.15) is 41.5 Å². The Morgan fingerprint density at radius 1 is 1.41 bits per heavy atom. The molecule has 1 N–H and O–H groups in total. The van der Waals surface area contributed by atoms with Gasteiger partial charge in [-0.05, 0) is 31.1 Å². The number of methoxy groups -OCH3 is 1. The summed E-state index contributed by atoms with van der Waals surface area (Å²) in [5.41, 5.74) is 0. The molecule has 6 nitrogen and oxygen atoms in total. The Balaban J connectivity index is 0. The maximum absolute atomic E-state index is 11.9. The lowest BCUT2D eigenvalue weighted by Gasteiger charge is -2.32. The number of hydrogen-bond acceptors (Lipinski definition) is 5. The zero-order valence-corrected chi connectivity index (χ0v) is 14.2. The topological polar surface area (TPSA) is 75.7 Å². The average molecular weight is 316 g/mol. The summed E-state index contributed by atoms with van der Waals surface area (Å²) < 4.78 is 4.82. The molecule has 0 aromatic rings. The van der Waals surface area contributed by atoms with Gasteiger partial charge in [0.2, 0.25) is 5.91 Å². The number of carbonyl (C=O) groups is 3. The number of fused-ring (bicyclic) bond motifs is 2. The molecular weight excluding hydrogens is 284 g/mol. The Kier molecular flexibility index (Phi) is 10.7. The molecule has 1 aliphatic heterocycles. The molecule has 3 atom stereocenters. The normalized spacial score (nSPS) is 25.1. The van der Waals surface area contributed by atoms with Gasteiger partial charge in [-0.3, -0.25) is 10.1 Å². The van der Waals surface area contributed by atoms with E-state index in [9.17, 15) is 9.59 Å². The third-order valence-electron chi connectivity index (χ3n) is 3.59. The average Bonchev–Trinajstić information content (AvgIpc) is 3.09. The van der Waals surface area contributed by atoms with E-state index in [0.717, 1.165) is 31.5 Å². The van der Waals surface area contributed by atoms with Gasteiger partial charge in [-0.15, -0.1) is 0 Å². The van der Waals surface area contributed by atoms with Crippen molar-refractivity contribution in [1.29, 1.82) is 0 Å². The van der Waals surface area contributed by atoms with Crippen LogP contribution in [0.2, 0.25) is 0 Å². The Labute approximate surface area is 135 Å². The van der Waals surface area contributed by atoms with E-state index in [1.165, 1.54) is 0 Å². The number of aldehydes is 1. The molecule has 1 heterocycles. The van der Waals surface area contributed by atoms with Gasteiger partial charge < -0.3 is 19.2 Å². The number of hydrogen-bond donors (Lipinski definition) is 1. The van der Waals surface area contributed by atoms with Gasteiger partial charge in [-0.2, -0.15) is 0 Å². The second-order valence-corrected chi connectivity index (χ2v) is 6.25. The highest BCUT2D eigenvalue weighted by molar-refractivity contribution is 5.83. The number of nitrogens with zero attached hydrogens (tertiary/aromatic N) is 1. The van der Waals surface area contributed by atoms with Crippen LogP contribution in [0.4, 0.5) is 0 Å². The van der Waals surface area contributed by atoms with Crippen molar-refractivity contribution in [2.24, 2.45) is 11.8 Å². The Bertz CT molecular complexity index is 339. The van der Waals surface area contributed by atoms with Crippen molar-refractivity contribution in [3.8, 4) is 0 Å². The molecule has 3 unspecified atom stereocenters. The van der Waals surface area contributed by atoms with Crippen LogP contribution in [0.3, 0.4) is 0 Å². The van der Waals surface area contributed by atoms with Crippen molar-refractivity contribution >= 4 is 19.0 Å². The summed E-state index contributed by atoms with van der Waals surface area (Å²) in [6, 6.07) is 0.104. The molecule has 0 aromatic heterocycles. The van der Waals surface area contributed by atoms with E-state index in [1.807, 2.05) is 6.79 Å². The van der Waals surface area contributed by atoms with Crippen molar-refractivity contribution in [2.75, 3.05) is 20.4 Å². The number of likely N-dealkylation sites (tertiary alicyclic amines) is 1. The predicted molar refractivity (Wildman–Crippen MR) is 87.5 cm³/mol. The highest BCUT2D eigenvalue weighted by atomic mass is 16.5. The van der Waals surface area contributed by atoms with E-state index in [1.54, 1.807) is 12.0 Å². The number of rotatable bonds is 5. The summed E-state index contributed by atoms with van der Waals surface area (Å²) in [5, 5.41) is 2.89. The standard InChI is InChI=1S/C11H18N2O3.C4H10.CH2O.H2/c1-16-7-12-5-11(15)13-9-3-2-8(4-9)10(13)6-14;1-4(2)3;1-2;/h6,8-10,12H,2-5,7H2,1H3;4H,1-3H3;1H2;1H. The monoisotopic (exact) mass is 316 g/mol. The second-order valence-electron chi connectivity index (χ2n) is 6.25. The van der Waals surface area contributed by atoms with Gasteiger partial charge in [-0.1, -0.05) is 20.8 Å².